The first-order valence-corrected chi connectivity index (χ1v) is 6.33. The van der Waals surface area contributed by atoms with Crippen molar-refractivity contribution in [2.75, 3.05) is 19.6 Å². The summed E-state index contributed by atoms with van der Waals surface area (Å²) in [6.07, 6.45) is 4.64. The lowest BCUT2D eigenvalue weighted by atomic mass is 9.78. The Morgan fingerprint density at radius 1 is 1.35 bits per heavy atom. The number of nitrogens with one attached hydrogen (secondary N) is 1. The van der Waals surface area contributed by atoms with Gasteiger partial charge in [0, 0.05) is 6.54 Å². The number of carbonyl (C=O) groups excluding carboxylic acids is 1. The van der Waals surface area contributed by atoms with Crippen molar-refractivity contribution in [2.45, 2.75) is 25.8 Å². The second kappa shape index (κ2) is 4.18. The van der Waals surface area contributed by atoms with Gasteiger partial charge in [0.05, 0.1) is 18.2 Å². The van der Waals surface area contributed by atoms with Crippen LogP contribution in [0.15, 0.2) is 22.8 Å². The van der Waals surface area contributed by atoms with Crippen molar-refractivity contribution >= 4 is 5.91 Å². The van der Waals surface area contributed by atoms with Gasteiger partial charge in [-0.2, -0.15) is 0 Å². The quantitative estimate of drug-likeness (QED) is 0.841. The third-order valence-electron chi connectivity index (χ3n) is 4.09. The van der Waals surface area contributed by atoms with Gasteiger partial charge >= 0.3 is 0 Å². The SMILES string of the molecule is O=C1N(Cc2ccco2)CCC12CCNCC2. The highest BCUT2D eigenvalue weighted by Crippen LogP contribution is 2.40. The third-order valence-corrected chi connectivity index (χ3v) is 4.09. The van der Waals surface area contributed by atoms with E-state index in [9.17, 15) is 4.79 Å². The lowest BCUT2D eigenvalue weighted by Crippen LogP contribution is -2.42. The van der Waals surface area contributed by atoms with E-state index in [1.807, 2.05) is 17.0 Å². The lowest BCUT2D eigenvalue weighted by molar-refractivity contribution is -0.138. The molecule has 1 amide bonds. The van der Waals surface area contributed by atoms with Gasteiger partial charge in [-0.05, 0) is 44.5 Å². The molecule has 1 spiro atoms. The molecule has 0 radical (unpaired) electrons. The van der Waals surface area contributed by atoms with Gasteiger partial charge in [0.2, 0.25) is 5.91 Å². The fourth-order valence-corrected chi connectivity index (χ4v) is 3.00. The fraction of sp³-hybridized carbons (Fsp3) is 0.615. The van der Waals surface area contributed by atoms with Gasteiger partial charge in [-0.1, -0.05) is 0 Å². The number of likely N-dealkylation sites (tertiary alicyclic amines) is 1. The molecule has 17 heavy (non-hydrogen) atoms. The van der Waals surface area contributed by atoms with E-state index >= 15 is 0 Å². The molecule has 0 bridgehead atoms. The number of hydrogen-bond donors (Lipinski definition) is 1. The molecule has 3 rings (SSSR count). The Balaban J connectivity index is 1.71. The Morgan fingerprint density at radius 2 is 2.18 bits per heavy atom. The Labute approximate surface area is 101 Å². The van der Waals surface area contributed by atoms with E-state index in [2.05, 4.69) is 5.32 Å². The van der Waals surface area contributed by atoms with E-state index in [0.29, 0.717) is 12.5 Å². The van der Waals surface area contributed by atoms with Crippen LogP contribution < -0.4 is 5.32 Å². The van der Waals surface area contributed by atoms with Gasteiger partial charge in [-0.3, -0.25) is 4.79 Å². The number of nitrogens with zero attached hydrogens (tertiary/aromatic N) is 1. The van der Waals surface area contributed by atoms with Crippen LogP contribution in [-0.4, -0.2) is 30.4 Å². The largest absolute Gasteiger partial charge is 0.467 e. The number of furan rings is 1. The summed E-state index contributed by atoms with van der Waals surface area (Å²) >= 11 is 0. The average molecular weight is 234 g/mol. The van der Waals surface area contributed by atoms with Crippen LogP contribution in [0.4, 0.5) is 0 Å². The number of rotatable bonds is 2. The first kappa shape index (κ1) is 10.8. The third kappa shape index (κ3) is 1.86. The number of piperidine rings is 1. The zero-order valence-corrected chi connectivity index (χ0v) is 9.95. The van der Waals surface area contributed by atoms with Crippen LogP contribution in [-0.2, 0) is 11.3 Å². The Hall–Kier alpha value is -1.29. The van der Waals surface area contributed by atoms with Crippen LogP contribution in [0.3, 0.4) is 0 Å². The van der Waals surface area contributed by atoms with Crippen molar-refractivity contribution in [3.8, 4) is 0 Å². The minimum atomic E-state index is -0.0716. The lowest BCUT2D eigenvalue weighted by Gasteiger charge is -2.31. The highest BCUT2D eigenvalue weighted by atomic mass is 16.3. The zero-order chi connectivity index (χ0) is 11.7. The van der Waals surface area contributed by atoms with Gasteiger partial charge in [-0.15, -0.1) is 0 Å². The maximum Gasteiger partial charge on any atom is 0.229 e. The maximum absolute atomic E-state index is 12.5. The molecule has 0 unspecified atom stereocenters. The van der Waals surface area contributed by atoms with Crippen LogP contribution in [0.2, 0.25) is 0 Å². The molecular formula is C13H18N2O2. The van der Waals surface area contributed by atoms with E-state index < -0.39 is 0 Å². The molecule has 2 fully saturated rings. The molecule has 3 heterocycles. The first-order valence-electron chi connectivity index (χ1n) is 6.33. The summed E-state index contributed by atoms with van der Waals surface area (Å²) in [5.74, 6) is 1.21. The van der Waals surface area contributed by atoms with Crippen LogP contribution in [0.1, 0.15) is 25.0 Å². The van der Waals surface area contributed by atoms with Crippen molar-refractivity contribution in [1.82, 2.24) is 10.2 Å². The Kier molecular flexibility index (Phi) is 2.67. The molecule has 1 aromatic rings. The summed E-state index contributed by atoms with van der Waals surface area (Å²) < 4.78 is 5.31. The van der Waals surface area contributed by atoms with E-state index in [-0.39, 0.29) is 5.41 Å². The molecule has 0 aromatic carbocycles. The highest BCUT2D eigenvalue weighted by molar-refractivity contribution is 5.84. The number of carbonyl (C=O) groups is 1. The van der Waals surface area contributed by atoms with Crippen molar-refractivity contribution in [3.05, 3.63) is 24.2 Å². The van der Waals surface area contributed by atoms with Gasteiger partial charge in [0.25, 0.3) is 0 Å². The molecule has 4 nitrogen and oxygen atoms in total. The first-order chi connectivity index (χ1) is 8.30. The average Bonchev–Trinajstić information content (AvgIpc) is 2.96. The summed E-state index contributed by atoms with van der Waals surface area (Å²) in [4.78, 5) is 14.4. The van der Waals surface area contributed by atoms with Crippen molar-refractivity contribution < 1.29 is 9.21 Å². The van der Waals surface area contributed by atoms with Crippen LogP contribution in [0.25, 0.3) is 0 Å². The molecule has 1 aromatic heterocycles. The highest BCUT2D eigenvalue weighted by Gasteiger charge is 2.46. The predicted octanol–water partition coefficient (Wildman–Crippen LogP) is 1.38. The van der Waals surface area contributed by atoms with Gasteiger partial charge < -0.3 is 14.6 Å². The maximum atomic E-state index is 12.5. The molecule has 0 atom stereocenters. The fourth-order valence-electron chi connectivity index (χ4n) is 3.00. The normalized spacial score (nSPS) is 23.5. The second-order valence-corrected chi connectivity index (χ2v) is 5.09. The van der Waals surface area contributed by atoms with E-state index in [4.69, 9.17) is 4.42 Å². The van der Waals surface area contributed by atoms with Gasteiger partial charge in [0.15, 0.2) is 0 Å². The van der Waals surface area contributed by atoms with Crippen LogP contribution in [0, 0.1) is 5.41 Å². The minimum absolute atomic E-state index is 0.0716. The minimum Gasteiger partial charge on any atom is -0.467 e. The monoisotopic (exact) mass is 234 g/mol. The van der Waals surface area contributed by atoms with Gasteiger partial charge in [-0.25, -0.2) is 0 Å². The molecule has 2 saturated heterocycles. The smallest absolute Gasteiger partial charge is 0.229 e. The van der Waals surface area contributed by atoms with Gasteiger partial charge in [0.1, 0.15) is 5.76 Å². The van der Waals surface area contributed by atoms with Crippen molar-refractivity contribution in [2.24, 2.45) is 5.41 Å². The molecule has 4 heteroatoms. The van der Waals surface area contributed by atoms with E-state index in [1.54, 1.807) is 6.26 Å². The standard InChI is InChI=1S/C13H18N2O2/c16-12-13(3-6-14-7-4-13)5-8-15(12)10-11-2-1-9-17-11/h1-2,9,14H,3-8,10H2. The molecule has 2 aliphatic heterocycles. The molecule has 0 aliphatic carbocycles. The topological polar surface area (TPSA) is 45.5 Å². The molecule has 1 N–H and O–H groups in total. The summed E-state index contributed by atoms with van der Waals surface area (Å²) in [5.41, 5.74) is -0.0716. The van der Waals surface area contributed by atoms with Crippen molar-refractivity contribution in [1.29, 1.82) is 0 Å². The molecule has 92 valence electrons. The molecular weight excluding hydrogens is 216 g/mol. The summed E-state index contributed by atoms with van der Waals surface area (Å²) in [6, 6.07) is 3.80. The molecule has 0 saturated carbocycles. The Morgan fingerprint density at radius 3 is 2.88 bits per heavy atom. The number of amides is 1. The number of hydrogen-bond acceptors (Lipinski definition) is 3. The second-order valence-electron chi connectivity index (χ2n) is 5.09. The zero-order valence-electron chi connectivity index (χ0n) is 9.95. The van der Waals surface area contributed by atoms with Crippen LogP contribution in [0.5, 0.6) is 0 Å². The summed E-state index contributed by atoms with van der Waals surface area (Å²) in [5, 5.41) is 3.33. The summed E-state index contributed by atoms with van der Waals surface area (Å²) in [6.45, 7) is 3.45. The molecule has 2 aliphatic rings. The Bertz CT molecular complexity index is 394. The van der Waals surface area contributed by atoms with Crippen LogP contribution >= 0.6 is 0 Å². The summed E-state index contributed by atoms with van der Waals surface area (Å²) in [7, 11) is 0. The predicted molar refractivity (Wildman–Crippen MR) is 63.3 cm³/mol. The van der Waals surface area contributed by atoms with E-state index in [0.717, 1.165) is 44.7 Å². The van der Waals surface area contributed by atoms with Crippen molar-refractivity contribution in [3.63, 3.8) is 0 Å². The van der Waals surface area contributed by atoms with E-state index in [1.165, 1.54) is 0 Å².